The number of rotatable bonds is 9. The van der Waals surface area contributed by atoms with Crippen LogP contribution in [0, 0.1) is 16.2 Å². The molecule has 1 amide bonds. The maximum absolute atomic E-state index is 12.7. The zero-order valence-corrected chi connectivity index (χ0v) is 17.1. The summed E-state index contributed by atoms with van der Waals surface area (Å²) < 4.78 is 0. The van der Waals surface area contributed by atoms with Gasteiger partial charge in [-0.25, -0.2) is 0 Å². The van der Waals surface area contributed by atoms with E-state index in [2.05, 4.69) is 72.7 Å². The zero-order valence-electron chi connectivity index (χ0n) is 17.1. The largest absolute Gasteiger partial charge is 0.354 e. The molecule has 0 radical (unpaired) electrons. The molecule has 23 heavy (non-hydrogen) atoms. The maximum Gasteiger partial charge on any atom is 0.228 e. The zero-order chi connectivity index (χ0) is 18.1. The molecule has 1 N–H and O–H groups in total. The lowest BCUT2D eigenvalue weighted by Gasteiger charge is -2.57. The van der Waals surface area contributed by atoms with Crippen molar-refractivity contribution in [2.75, 3.05) is 20.1 Å². The normalized spacial score (nSPS) is 23.0. The highest BCUT2D eigenvalue weighted by Crippen LogP contribution is 2.54. The van der Waals surface area contributed by atoms with E-state index in [0.29, 0.717) is 0 Å². The molecule has 0 aromatic carbocycles. The van der Waals surface area contributed by atoms with Crippen molar-refractivity contribution < 1.29 is 4.79 Å². The fraction of sp³-hybridized carbons (Fsp3) is 0.950. The molecule has 0 aromatic heterocycles. The summed E-state index contributed by atoms with van der Waals surface area (Å²) in [6.07, 6.45) is 4.37. The van der Waals surface area contributed by atoms with E-state index in [1.54, 1.807) is 0 Å². The second-order valence-corrected chi connectivity index (χ2v) is 9.74. The maximum atomic E-state index is 12.7. The molecule has 3 heteroatoms. The molecule has 1 fully saturated rings. The highest BCUT2D eigenvalue weighted by atomic mass is 16.2. The second kappa shape index (κ2) is 6.74. The second-order valence-electron chi connectivity index (χ2n) is 9.74. The lowest BCUT2D eigenvalue weighted by molar-refractivity contribution is -0.158. The molecule has 0 aliphatic carbocycles. The molecule has 1 rings (SSSR count). The van der Waals surface area contributed by atoms with Crippen molar-refractivity contribution in [3.8, 4) is 0 Å². The summed E-state index contributed by atoms with van der Waals surface area (Å²) in [6.45, 7) is 20.2. The molecular formula is C20H40N2O. The Labute approximate surface area is 144 Å². The third kappa shape index (κ3) is 4.10. The van der Waals surface area contributed by atoms with Crippen molar-refractivity contribution in [1.82, 2.24) is 10.2 Å². The summed E-state index contributed by atoms with van der Waals surface area (Å²) in [7, 11) is 2.19. The minimum atomic E-state index is -0.225. The van der Waals surface area contributed by atoms with Crippen molar-refractivity contribution in [2.24, 2.45) is 16.2 Å². The predicted molar refractivity (Wildman–Crippen MR) is 99.5 cm³/mol. The lowest BCUT2D eigenvalue weighted by Crippen LogP contribution is -2.68. The van der Waals surface area contributed by atoms with Gasteiger partial charge in [0.05, 0.1) is 5.41 Å². The quantitative estimate of drug-likeness (QED) is 0.635. The summed E-state index contributed by atoms with van der Waals surface area (Å²) in [5.41, 5.74) is 0.0609. The molecule has 1 atom stereocenters. The van der Waals surface area contributed by atoms with E-state index in [0.717, 1.165) is 25.9 Å². The highest BCUT2D eigenvalue weighted by Gasteiger charge is 2.59. The van der Waals surface area contributed by atoms with Crippen LogP contribution in [0.15, 0.2) is 0 Å². The lowest BCUT2D eigenvalue weighted by atomic mass is 9.52. The Morgan fingerprint density at radius 2 is 1.70 bits per heavy atom. The Balaban J connectivity index is 3.06. The molecule has 1 unspecified atom stereocenters. The van der Waals surface area contributed by atoms with Gasteiger partial charge >= 0.3 is 0 Å². The van der Waals surface area contributed by atoms with Crippen molar-refractivity contribution >= 4 is 5.91 Å². The Morgan fingerprint density at radius 3 is 2.04 bits per heavy atom. The van der Waals surface area contributed by atoms with E-state index in [9.17, 15) is 4.79 Å². The fourth-order valence-corrected chi connectivity index (χ4v) is 4.70. The first-order valence-corrected chi connectivity index (χ1v) is 9.33. The highest BCUT2D eigenvalue weighted by molar-refractivity contribution is 5.89. The van der Waals surface area contributed by atoms with Gasteiger partial charge < -0.3 is 10.2 Å². The van der Waals surface area contributed by atoms with Crippen LogP contribution < -0.4 is 5.32 Å². The first-order chi connectivity index (χ1) is 10.3. The molecule has 1 heterocycles. The van der Waals surface area contributed by atoms with Gasteiger partial charge in [-0.1, -0.05) is 48.0 Å². The van der Waals surface area contributed by atoms with Gasteiger partial charge in [0.25, 0.3) is 0 Å². The summed E-state index contributed by atoms with van der Waals surface area (Å²) in [5.74, 6) is 0.265. The van der Waals surface area contributed by atoms with Crippen LogP contribution in [0.1, 0.15) is 81.1 Å². The van der Waals surface area contributed by atoms with Crippen LogP contribution in [0.4, 0.5) is 0 Å². The smallest absolute Gasteiger partial charge is 0.228 e. The Hall–Kier alpha value is -0.570. The number of carbonyl (C=O) groups is 1. The minimum absolute atomic E-state index is 0.0206. The van der Waals surface area contributed by atoms with Gasteiger partial charge in [0.15, 0.2) is 0 Å². The number of nitrogens with zero attached hydrogens (tertiary/aromatic N) is 1. The molecule has 0 saturated carbocycles. The van der Waals surface area contributed by atoms with Crippen molar-refractivity contribution in [2.45, 2.75) is 86.6 Å². The van der Waals surface area contributed by atoms with Crippen molar-refractivity contribution in [1.29, 1.82) is 0 Å². The standard InChI is InChI=1S/C20H40N2O/c1-10-12-17(3,4)13-20(15-21-16(20)23)18(5,6)14-19(7,8)22(9)11-2/h10-15H2,1-9H3,(H,21,23). The van der Waals surface area contributed by atoms with E-state index in [1.165, 1.54) is 12.8 Å². The first kappa shape index (κ1) is 20.5. The molecule has 1 saturated heterocycles. The summed E-state index contributed by atoms with van der Waals surface area (Å²) in [4.78, 5) is 15.1. The third-order valence-corrected chi connectivity index (χ3v) is 6.37. The van der Waals surface area contributed by atoms with E-state index in [-0.39, 0.29) is 27.7 Å². The van der Waals surface area contributed by atoms with Crippen molar-refractivity contribution in [3.05, 3.63) is 0 Å². The van der Waals surface area contributed by atoms with Gasteiger partial charge in [0, 0.05) is 12.1 Å². The van der Waals surface area contributed by atoms with Crippen LogP contribution in [-0.2, 0) is 4.79 Å². The van der Waals surface area contributed by atoms with E-state index >= 15 is 0 Å². The Kier molecular flexibility index (Phi) is 6.00. The monoisotopic (exact) mass is 324 g/mol. The number of β-lactam (4-membered cyclic amide) rings is 1. The van der Waals surface area contributed by atoms with Crippen LogP contribution in [0.3, 0.4) is 0 Å². The van der Waals surface area contributed by atoms with Gasteiger partial charge in [-0.15, -0.1) is 0 Å². The molecule has 1 aliphatic heterocycles. The van der Waals surface area contributed by atoms with Gasteiger partial charge in [-0.3, -0.25) is 4.79 Å². The van der Waals surface area contributed by atoms with E-state index < -0.39 is 0 Å². The van der Waals surface area contributed by atoms with Crippen LogP contribution in [0.25, 0.3) is 0 Å². The SMILES string of the molecule is CCCC(C)(C)CC1(C(C)(C)CC(C)(C)N(C)CC)CNC1=O. The van der Waals surface area contributed by atoms with E-state index in [1.807, 2.05) is 0 Å². The van der Waals surface area contributed by atoms with Crippen LogP contribution in [-0.4, -0.2) is 36.5 Å². The van der Waals surface area contributed by atoms with Crippen molar-refractivity contribution in [3.63, 3.8) is 0 Å². The predicted octanol–water partition coefficient (Wildman–Crippen LogP) is 4.47. The number of carbonyl (C=O) groups excluding carboxylic acids is 1. The molecule has 1 aliphatic rings. The summed E-state index contributed by atoms with van der Waals surface area (Å²) in [6, 6.07) is 0. The van der Waals surface area contributed by atoms with Gasteiger partial charge in [-0.05, 0) is 57.5 Å². The molecular weight excluding hydrogens is 284 g/mol. The third-order valence-electron chi connectivity index (χ3n) is 6.37. The van der Waals surface area contributed by atoms with Crippen LogP contribution >= 0.6 is 0 Å². The summed E-state index contributed by atoms with van der Waals surface area (Å²) in [5, 5.41) is 3.05. The topological polar surface area (TPSA) is 32.3 Å². The number of amides is 1. The average molecular weight is 325 g/mol. The number of hydrogen-bond donors (Lipinski definition) is 1. The number of hydrogen-bond acceptors (Lipinski definition) is 2. The Morgan fingerprint density at radius 1 is 1.13 bits per heavy atom. The first-order valence-electron chi connectivity index (χ1n) is 9.33. The molecule has 136 valence electrons. The average Bonchev–Trinajstić information content (AvgIpc) is 2.40. The van der Waals surface area contributed by atoms with E-state index in [4.69, 9.17) is 0 Å². The molecule has 3 nitrogen and oxygen atoms in total. The van der Waals surface area contributed by atoms with Gasteiger partial charge in [0.2, 0.25) is 5.91 Å². The van der Waals surface area contributed by atoms with Gasteiger partial charge in [0.1, 0.15) is 0 Å². The minimum Gasteiger partial charge on any atom is -0.354 e. The number of nitrogens with one attached hydrogen (secondary N) is 1. The Bertz CT molecular complexity index is 425. The van der Waals surface area contributed by atoms with Crippen LogP contribution in [0.5, 0.6) is 0 Å². The van der Waals surface area contributed by atoms with Gasteiger partial charge in [-0.2, -0.15) is 0 Å². The molecule has 0 spiro atoms. The summed E-state index contributed by atoms with van der Waals surface area (Å²) >= 11 is 0. The van der Waals surface area contributed by atoms with Crippen LogP contribution in [0.2, 0.25) is 0 Å². The molecule has 0 aromatic rings. The molecule has 0 bridgehead atoms. The fourth-order valence-electron chi connectivity index (χ4n) is 4.70.